The Kier molecular flexibility index (Phi) is 5.60. The summed E-state index contributed by atoms with van der Waals surface area (Å²) >= 11 is 0. The van der Waals surface area contributed by atoms with E-state index in [2.05, 4.69) is 30.7 Å². The van der Waals surface area contributed by atoms with Gasteiger partial charge in [-0.2, -0.15) is 0 Å². The van der Waals surface area contributed by atoms with Crippen molar-refractivity contribution >= 4 is 17.5 Å². The third kappa shape index (κ3) is 3.84. The second kappa shape index (κ2) is 6.97. The number of nitrogens with zero attached hydrogens (tertiary/aromatic N) is 2. The van der Waals surface area contributed by atoms with Crippen LogP contribution in [-0.2, 0) is 4.74 Å². The van der Waals surface area contributed by atoms with Crippen LogP contribution in [0.3, 0.4) is 0 Å². The van der Waals surface area contributed by atoms with Gasteiger partial charge in [-0.25, -0.2) is 9.78 Å². The Morgan fingerprint density at radius 2 is 2.16 bits per heavy atom. The molecule has 0 atom stereocenters. The number of hydrogen-bond acceptors (Lipinski definition) is 5. The Labute approximate surface area is 114 Å². The Bertz CT molecular complexity index is 433. The van der Waals surface area contributed by atoms with Crippen molar-refractivity contribution in [3.63, 3.8) is 0 Å². The average Bonchev–Trinajstić information content (AvgIpc) is 2.36. The Morgan fingerprint density at radius 3 is 2.68 bits per heavy atom. The molecule has 0 aliphatic carbocycles. The molecule has 0 unspecified atom stereocenters. The average molecular weight is 265 g/mol. The molecule has 0 amide bonds. The van der Waals surface area contributed by atoms with Crippen LogP contribution in [0.25, 0.3) is 0 Å². The van der Waals surface area contributed by atoms with Crippen LogP contribution in [0.1, 0.15) is 44.5 Å². The first kappa shape index (κ1) is 15.3. The van der Waals surface area contributed by atoms with Crippen LogP contribution in [0.5, 0.6) is 0 Å². The first-order chi connectivity index (χ1) is 9.01. The number of ether oxygens (including phenoxy) is 1. The van der Waals surface area contributed by atoms with E-state index in [1.165, 1.54) is 0 Å². The molecule has 0 radical (unpaired) electrons. The molecule has 1 aromatic rings. The molecular formula is C14H23N3O2. The van der Waals surface area contributed by atoms with Gasteiger partial charge in [-0.1, -0.05) is 6.92 Å². The van der Waals surface area contributed by atoms with E-state index < -0.39 is 0 Å². The molecule has 0 aliphatic rings. The van der Waals surface area contributed by atoms with Gasteiger partial charge in [-0.05, 0) is 33.3 Å². The van der Waals surface area contributed by atoms with Gasteiger partial charge in [0.05, 0.1) is 18.5 Å². The zero-order chi connectivity index (χ0) is 14.4. The first-order valence-electron chi connectivity index (χ1n) is 6.70. The quantitative estimate of drug-likeness (QED) is 0.800. The van der Waals surface area contributed by atoms with E-state index in [0.717, 1.165) is 13.0 Å². The number of aromatic nitrogens is 1. The second-order valence-corrected chi connectivity index (χ2v) is 4.65. The summed E-state index contributed by atoms with van der Waals surface area (Å²) in [5, 5.41) is 0. The fourth-order valence-corrected chi connectivity index (χ4v) is 1.91. The lowest BCUT2D eigenvalue weighted by atomic mass is 10.2. The summed E-state index contributed by atoms with van der Waals surface area (Å²) in [5.41, 5.74) is 6.62. The van der Waals surface area contributed by atoms with Gasteiger partial charge in [0.15, 0.2) is 0 Å². The van der Waals surface area contributed by atoms with Crippen LogP contribution in [0.2, 0.25) is 0 Å². The van der Waals surface area contributed by atoms with Gasteiger partial charge >= 0.3 is 5.97 Å². The molecule has 106 valence electrons. The van der Waals surface area contributed by atoms with Crippen LogP contribution in [0.4, 0.5) is 11.5 Å². The van der Waals surface area contributed by atoms with Crippen LogP contribution >= 0.6 is 0 Å². The van der Waals surface area contributed by atoms with E-state index >= 15 is 0 Å². The molecule has 1 heterocycles. The molecule has 0 aromatic carbocycles. The van der Waals surface area contributed by atoms with Crippen LogP contribution in [0.15, 0.2) is 12.3 Å². The predicted molar refractivity (Wildman–Crippen MR) is 77.4 cm³/mol. The molecule has 0 saturated carbocycles. The summed E-state index contributed by atoms with van der Waals surface area (Å²) < 4.78 is 5.07. The largest absolute Gasteiger partial charge is 0.462 e. The van der Waals surface area contributed by atoms with Crippen molar-refractivity contribution in [2.24, 2.45) is 0 Å². The smallest absolute Gasteiger partial charge is 0.341 e. The topological polar surface area (TPSA) is 68.5 Å². The van der Waals surface area contributed by atoms with Gasteiger partial charge in [0.25, 0.3) is 0 Å². The lowest BCUT2D eigenvalue weighted by Gasteiger charge is -2.29. The minimum Gasteiger partial charge on any atom is -0.462 e. The van der Waals surface area contributed by atoms with E-state index in [4.69, 9.17) is 10.5 Å². The monoisotopic (exact) mass is 265 g/mol. The number of carbonyl (C=O) groups excluding carboxylic acids is 1. The Hall–Kier alpha value is -1.78. The van der Waals surface area contributed by atoms with E-state index in [-0.39, 0.29) is 12.0 Å². The van der Waals surface area contributed by atoms with Crippen molar-refractivity contribution in [3.05, 3.63) is 17.8 Å². The van der Waals surface area contributed by atoms with Crippen molar-refractivity contribution in [2.75, 3.05) is 23.8 Å². The van der Waals surface area contributed by atoms with Crippen LogP contribution in [0, 0.1) is 0 Å². The molecule has 0 saturated heterocycles. The van der Waals surface area contributed by atoms with E-state index in [9.17, 15) is 4.79 Å². The standard InChI is InChI=1S/C14H23N3O2/c1-5-7-17(10(3)4)13-12(14(18)19-6-2)8-11(15)9-16-13/h8-10H,5-7,15H2,1-4H3. The molecule has 0 fully saturated rings. The van der Waals surface area contributed by atoms with Crippen LogP contribution < -0.4 is 10.6 Å². The van der Waals surface area contributed by atoms with Crippen molar-refractivity contribution in [1.29, 1.82) is 0 Å². The molecular weight excluding hydrogens is 242 g/mol. The van der Waals surface area contributed by atoms with E-state index in [0.29, 0.717) is 23.7 Å². The van der Waals surface area contributed by atoms with Crippen LogP contribution in [-0.4, -0.2) is 30.1 Å². The molecule has 1 aromatic heterocycles. The lowest BCUT2D eigenvalue weighted by molar-refractivity contribution is 0.0526. The van der Waals surface area contributed by atoms with E-state index in [1.807, 2.05) is 0 Å². The molecule has 0 spiro atoms. The molecule has 0 aliphatic heterocycles. The number of pyridine rings is 1. The van der Waals surface area contributed by atoms with Gasteiger partial charge in [-0.15, -0.1) is 0 Å². The number of hydrogen-bond donors (Lipinski definition) is 1. The zero-order valence-electron chi connectivity index (χ0n) is 12.1. The fraction of sp³-hybridized carbons (Fsp3) is 0.571. The molecule has 2 N–H and O–H groups in total. The molecule has 1 rings (SSSR count). The number of nitrogens with two attached hydrogens (primary N) is 1. The molecule has 5 nitrogen and oxygen atoms in total. The zero-order valence-corrected chi connectivity index (χ0v) is 12.1. The minimum absolute atomic E-state index is 0.254. The van der Waals surface area contributed by atoms with Crippen molar-refractivity contribution < 1.29 is 9.53 Å². The summed E-state index contributed by atoms with van der Waals surface area (Å²) in [6, 6.07) is 1.88. The fourth-order valence-electron chi connectivity index (χ4n) is 1.91. The summed E-state index contributed by atoms with van der Waals surface area (Å²) in [6.07, 6.45) is 2.55. The normalized spacial score (nSPS) is 10.6. The SMILES string of the molecule is CCCN(c1ncc(N)cc1C(=O)OCC)C(C)C. The molecule has 19 heavy (non-hydrogen) atoms. The van der Waals surface area contributed by atoms with Gasteiger partial charge in [-0.3, -0.25) is 0 Å². The first-order valence-corrected chi connectivity index (χ1v) is 6.70. The third-order valence-corrected chi connectivity index (χ3v) is 2.74. The number of nitrogen functional groups attached to an aromatic ring is 1. The number of carbonyl (C=O) groups is 1. The summed E-state index contributed by atoms with van der Waals surface area (Å²) in [7, 11) is 0. The maximum Gasteiger partial charge on any atom is 0.341 e. The minimum atomic E-state index is -0.376. The molecule has 5 heteroatoms. The second-order valence-electron chi connectivity index (χ2n) is 4.65. The lowest BCUT2D eigenvalue weighted by Crippen LogP contribution is -2.33. The van der Waals surface area contributed by atoms with Crippen molar-refractivity contribution in [3.8, 4) is 0 Å². The maximum absolute atomic E-state index is 12.0. The number of rotatable bonds is 6. The summed E-state index contributed by atoms with van der Waals surface area (Å²) in [6.45, 7) is 9.19. The Balaban J connectivity index is 3.20. The van der Waals surface area contributed by atoms with Gasteiger partial charge in [0.1, 0.15) is 11.4 Å². The predicted octanol–water partition coefficient (Wildman–Crippen LogP) is 2.47. The van der Waals surface area contributed by atoms with Crippen molar-refractivity contribution in [1.82, 2.24) is 4.98 Å². The van der Waals surface area contributed by atoms with E-state index in [1.54, 1.807) is 19.2 Å². The highest BCUT2D eigenvalue weighted by Crippen LogP contribution is 2.23. The highest BCUT2D eigenvalue weighted by Gasteiger charge is 2.21. The summed E-state index contributed by atoms with van der Waals surface area (Å²) in [4.78, 5) is 18.4. The highest BCUT2D eigenvalue weighted by molar-refractivity contribution is 5.95. The van der Waals surface area contributed by atoms with Crippen molar-refractivity contribution in [2.45, 2.75) is 40.2 Å². The van der Waals surface area contributed by atoms with Gasteiger partial charge in [0.2, 0.25) is 0 Å². The Morgan fingerprint density at radius 1 is 1.47 bits per heavy atom. The molecule has 0 bridgehead atoms. The van der Waals surface area contributed by atoms with Gasteiger partial charge < -0.3 is 15.4 Å². The third-order valence-electron chi connectivity index (χ3n) is 2.74. The maximum atomic E-state index is 12.0. The summed E-state index contributed by atoms with van der Waals surface area (Å²) in [5.74, 6) is 0.267. The number of esters is 1. The van der Waals surface area contributed by atoms with Gasteiger partial charge in [0, 0.05) is 12.6 Å². The highest BCUT2D eigenvalue weighted by atomic mass is 16.5. The number of anilines is 2.